The van der Waals surface area contributed by atoms with E-state index in [0.717, 1.165) is 23.8 Å². The van der Waals surface area contributed by atoms with Crippen molar-refractivity contribution in [3.05, 3.63) is 48.0 Å². The van der Waals surface area contributed by atoms with Crippen LogP contribution in [0, 0.1) is 5.92 Å². The van der Waals surface area contributed by atoms with E-state index in [0.29, 0.717) is 18.9 Å². The van der Waals surface area contributed by atoms with Crippen LogP contribution in [-0.2, 0) is 16.0 Å². The van der Waals surface area contributed by atoms with Crippen LogP contribution in [0.3, 0.4) is 0 Å². The number of nitrogens with zero attached hydrogens (tertiary/aromatic N) is 1. The summed E-state index contributed by atoms with van der Waals surface area (Å²) in [5.41, 5.74) is 1.07. The summed E-state index contributed by atoms with van der Waals surface area (Å²) in [6, 6.07) is 14.0. The van der Waals surface area contributed by atoms with E-state index >= 15 is 0 Å². The van der Waals surface area contributed by atoms with Crippen LogP contribution in [0.4, 0.5) is 0 Å². The normalized spacial score (nSPS) is 21.3. The monoisotopic (exact) mass is 395 g/mol. The standard InChI is InChI=1S/C24H33N3O2/c1-16(2)13-21-24(29)27(12-11-17(3)26-21)22(23(28)25-4)15-18-9-10-19-7-5-6-8-20(19)14-18/h5-10,14,16-17,21-22,26H,11-13,15H2,1-4H3,(H,25,28)/t17-,21+,22+/m1/s1. The second kappa shape index (κ2) is 9.40. The lowest BCUT2D eigenvalue weighted by molar-refractivity contribution is -0.141. The van der Waals surface area contributed by atoms with E-state index in [1.165, 1.54) is 5.39 Å². The zero-order valence-electron chi connectivity index (χ0n) is 17.9. The number of benzene rings is 2. The molecule has 1 fully saturated rings. The molecule has 0 aromatic heterocycles. The van der Waals surface area contributed by atoms with Crippen molar-refractivity contribution in [3.8, 4) is 0 Å². The number of hydrogen-bond acceptors (Lipinski definition) is 3. The summed E-state index contributed by atoms with van der Waals surface area (Å²) >= 11 is 0. The lowest BCUT2D eigenvalue weighted by atomic mass is 9.98. The summed E-state index contributed by atoms with van der Waals surface area (Å²) in [5.74, 6) is 0.337. The van der Waals surface area contributed by atoms with Crippen molar-refractivity contribution in [1.82, 2.24) is 15.5 Å². The molecule has 0 aliphatic carbocycles. The molecule has 3 atom stereocenters. The minimum atomic E-state index is -0.504. The second-order valence-corrected chi connectivity index (χ2v) is 8.59. The molecule has 5 heteroatoms. The molecule has 0 radical (unpaired) electrons. The van der Waals surface area contributed by atoms with Gasteiger partial charge in [0.15, 0.2) is 0 Å². The third-order valence-corrected chi connectivity index (χ3v) is 5.75. The van der Waals surface area contributed by atoms with Gasteiger partial charge in [-0.1, -0.05) is 56.3 Å². The first kappa shape index (κ1) is 21.3. The Hall–Kier alpha value is -2.40. The van der Waals surface area contributed by atoms with Crippen LogP contribution in [0.25, 0.3) is 10.8 Å². The van der Waals surface area contributed by atoms with Gasteiger partial charge in [-0.05, 0) is 42.0 Å². The van der Waals surface area contributed by atoms with Crippen molar-refractivity contribution in [2.45, 2.75) is 58.2 Å². The molecule has 1 heterocycles. The van der Waals surface area contributed by atoms with Gasteiger partial charge < -0.3 is 15.5 Å². The number of hydrogen-bond donors (Lipinski definition) is 2. The van der Waals surface area contributed by atoms with Gasteiger partial charge in [0, 0.05) is 26.1 Å². The highest BCUT2D eigenvalue weighted by Gasteiger charge is 2.36. The van der Waals surface area contributed by atoms with Gasteiger partial charge in [-0.3, -0.25) is 9.59 Å². The summed E-state index contributed by atoms with van der Waals surface area (Å²) in [7, 11) is 1.64. The topological polar surface area (TPSA) is 61.4 Å². The Kier molecular flexibility index (Phi) is 6.91. The fourth-order valence-electron chi connectivity index (χ4n) is 4.19. The smallest absolute Gasteiger partial charge is 0.242 e. The van der Waals surface area contributed by atoms with Gasteiger partial charge >= 0.3 is 0 Å². The highest BCUT2D eigenvalue weighted by molar-refractivity contribution is 5.90. The van der Waals surface area contributed by atoms with E-state index in [9.17, 15) is 9.59 Å². The highest BCUT2D eigenvalue weighted by Crippen LogP contribution is 2.21. The van der Waals surface area contributed by atoms with Crippen molar-refractivity contribution >= 4 is 22.6 Å². The Labute approximate surface area is 173 Å². The average Bonchev–Trinajstić information content (AvgIpc) is 2.83. The molecule has 29 heavy (non-hydrogen) atoms. The fraction of sp³-hybridized carbons (Fsp3) is 0.500. The first-order chi connectivity index (χ1) is 13.9. The van der Waals surface area contributed by atoms with E-state index in [1.54, 1.807) is 11.9 Å². The average molecular weight is 396 g/mol. The number of fused-ring (bicyclic) bond motifs is 1. The molecule has 0 bridgehead atoms. The molecule has 2 aromatic carbocycles. The van der Waals surface area contributed by atoms with Gasteiger partial charge in [0.05, 0.1) is 6.04 Å². The number of likely N-dealkylation sites (N-methyl/N-ethyl adjacent to an activating group) is 1. The third-order valence-electron chi connectivity index (χ3n) is 5.75. The van der Waals surface area contributed by atoms with Crippen LogP contribution in [0.5, 0.6) is 0 Å². The molecule has 0 unspecified atom stereocenters. The molecule has 3 rings (SSSR count). The number of carbonyl (C=O) groups is 2. The maximum Gasteiger partial charge on any atom is 0.242 e. The van der Waals surface area contributed by atoms with Crippen LogP contribution < -0.4 is 10.6 Å². The van der Waals surface area contributed by atoms with Gasteiger partial charge in [-0.25, -0.2) is 0 Å². The highest BCUT2D eigenvalue weighted by atomic mass is 16.2. The van der Waals surface area contributed by atoms with Crippen molar-refractivity contribution in [3.63, 3.8) is 0 Å². The van der Waals surface area contributed by atoms with Crippen molar-refractivity contribution in [2.24, 2.45) is 5.92 Å². The number of nitrogens with one attached hydrogen (secondary N) is 2. The molecular weight excluding hydrogens is 362 g/mol. The van der Waals surface area contributed by atoms with Gasteiger partial charge in [0.1, 0.15) is 6.04 Å². The molecule has 1 saturated heterocycles. The Morgan fingerprint density at radius 2 is 1.93 bits per heavy atom. The summed E-state index contributed by atoms with van der Waals surface area (Å²) in [6.45, 7) is 6.95. The quantitative estimate of drug-likeness (QED) is 0.790. The number of amides is 2. The van der Waals surface area contributed by atoms with Gasteiger partial charge in [-0.2, -0.15) is 0 Å². The molecule has 1 aliphatic heterocycles. The van der Waals surface area contributed by atoms with E-state index in [-0.39, 0.29) is 23.9 Å². The largest absolute Gasteiger partial charge is 0.357 e. The molecule has 0 saturated carbocycles. The first-order valence-electron chi connectivity index (χ1n) is 10.6. The maximum atomic E-state index is 13.4. The Morgan fingerprint density at radius 3 is 2.62 bits per heavy atom. The van der Waals surface area contributed by atoms with Crippen LogP contribution in [0.15, 0.2) is 42.5 Å². The van der Waals surface area contributed by atoms with E-state index in [2.05, 4.69) is 61.7 Å². The summed E-state index contributed by atoms with van der Waals surface area (Å²) in [6.07, 6.45) is 2.13. The Bertz CT molecular complexity index is 864. The predicted octanol–water partition coefficient (Wildman–Crippen LogP) is 3.12. The van der Waals surface area contributed by atoms with Gasteiger partial charge in [-0.15, -0.1) is 0 Å². The molecule has 2 N–H and O–H groups in total. The SMILES string of the molecule is CNC(=O)[C@H](Cc1ccc2ccccc2c1)N1CC[C@@H](C)N[C@@H](CC(C)C)C1=O. The van der Waals surface area contributed by atoms with Crippen molar-refractivity contribution in [1.29, 1.82) is 0 Å². The molecule has 2 amide bonds. The Morgan fingerprint density at radius 1 is 1.21 bits per heavy atom. The van der Waals surface area contributed by atoms with E-state index in [1.807, 2.05) is 12.1 Å². The van der Waals surface area contributed by atoms with E-state index in [4.69, 9.17) is 0 Å². The zero-order chi connectivity index (χ0) is 21.0. The molecule has 2 aromatic rings. The molecule has 0 spiro atoms. The van der Waals surface area contributed by atoms with Gasteiger partial charge in [0.25, 0.3) is 0 Å². The lowest BCUT2D eigenvalue weighted by Crippen LogP contribution is -2.54. The molecule has 5 nitrogen and oxygen atoms in total. The minimum absolute atomic E-state index is 0.0393. The zero-order valence-corrected chi connectivity index (χ0v) is 17.9. The lowest BCUT2D eigenvalue weighted by Gasteiger charge is -2.32. The van der Waals surface area contributed by atoms with Crippen molar-refractivity contribution < 1.29 is 9.59 Å². The summed E-state index contributed by atoms with van der Waals surface area (Å²) in [5, 5.41) is 8.56. The first-order valence-corrected chi connectivity index (χ1v) is 10.6. The number of rotatable bonds is 6. The van der Waals surface area contributed by atoms with Crippen LogP contribution in [0.1, 0.15) is 39.2 Å². The summed E-state index contributed by atoms with van der Waals surface area (Å²) < 4.78 is 0. The van der Waals surface area contributed by atoms with Gasteiger partial charge in [0.2, 0.25) is 11.8 Å². The van der Waals surface area contributed by atoms with Crippen LogP contribution in [0.2, 0.25) is 0 Å². The predicted molar refractivity (Wildman–Crippen MR) is 118 cm³/mol. The summed E-state index contributed by atoms with van der Waals surface area (Å²) in [4.78, 5) is 28.0. The van der Waals surface area contributed by atoms with Crippen LogP contribution >= 0.6 is 0 Å². The second-order valence-electron chi connectivity index (χ2n) is 8.59. The van der Waals surface area contributed by atoms with E-state index < -0.39 is 6.04 Å². The minimum Gasteiger partial charge on any atom is -0.357 e. The number of carbonyl (C=O) groups excluding carboxylic acids is 2. The maximum absolute atomic E-state index is 13.4. The van der Waals surface area contributed by atoms with Crippen LogP contribution in [-0.4, -0.2) is 48.4 Å². The van der Waals surface area contributed by atoms with Crippen molar-refractivity contribution in [2.75, 3.05) is 13.6 Å². The molecule has 1 aliphatic rings. The molecular formula is C24H33N3O2. The Balaban J connectivity index is 1.89. The third kappa shape index (κ3) is 5.15. The fourth-order valence-corrected chi connectivity index (χ4v) is 4.19. The molecule has 156 valence electrons.